The maximum Gasteiger partial charge on any atom is 0.387 e. The number of alkyl halides is 2. The van der Waals surface area contributed by atoms with Gasteiger partial charge in [0.2, 0.25) is 10.0 Å². The Hall–Kier alpha value is -2.44. The molecule has 0 atom stereocenters. The Kier molecular flexibility index (Phi) is 5.68. The van der Waals surface area contributed by atoms with Crippen LogP contribution in [0.4, 0.5) is 14.5 Å². The normalized spacial score (nSPS) is 12.0. The number of methoxy groups -OCH3 is 1. The van der Waals surface area contributed by atoms with E-state index in [2.05, 4.69) is 9.46 Å². The molecule has 26 heavy (non-hydrogen) atoms. The van der Waals surface area contributed by atoms with Crippen molar-refractivity contribution in [1.29, 1.82) is 0 Å². The second kappa shape index (κ2) is 7.43. The van der Waals surface area contributed by atoms with Crippen LogP contribution in [0, 0.1) is 0 Å². The van der Waals surface area contributed by atoms with E-state index in [0.29, 0.717) is 0 Å². The number of anilines is 1. The summed E-state index contributed by atoms with van der Waals surface area (Å²) in [5.41, 5.74) is -0.0949. The molecule has 2 aromatic carbocycles. The molecule has 0 spiro atoms. The zero-order chi connectivity index (χ0) is 19.5. The summed E-state index contributed by atoms with van der Waals surface area (Å²) >= 11 is 0. The third kappa shape index (κ3) is 4.80. The fraction of sp³-hybridized carbons (Fsp3) is 0.143. The van der Waals surface area contributed by atoms with Gasteiger partial charge in [-0.05, 0) is 30.3 Å². The van der Waals surface area contributed by atoms with E-state index >= 15 is 0 Å². The number of hydrogen-bond acceptors (Lipinski definition) is 6. The third-order valence-electron chi connectivity index (χ3n) is 3.08. The molecule has 0 saturated carbocycles. The van der Waals surface area contributed by atoms with Crippen LogP contribution in [0.2, 0.25) is 0 Å². The standard InChI is InChI=1S/C14H14F2N2O6S2/c1-23-12-6-5-9(7-13(12)24-14(15)16)18-26(21,22)11-4-2-3-10(8-11)25(17,19)20/h2-8,14,18H,1H3,(H2,17,19,20). The molecule has 0 amide bonds. The van der Waals surface area contributed by atoms with Crippen molar-refractivity contribution in [2.75, 3.05) is 11.8 Å². The molecule has 2 rings (SSSR count). The van der Waals surface area contributed by atoms with Gasteiger partial charge in [0, 0.05) is 6.07 Å². The van der Waals surface area contributed by atoms with Gasteiger partial charge < -0.3 is 9.47 Å². The highest BCUT2D eigenvalue weighted by atomic mass is 32.2. The highest BCUT2D eigenvalue weighted by molar-refractivity contribution is 7.93. The number of hydrogen-bond donors (Lipinski definition) is 2. The minimum atomic E-state index is -4.21. The number of primary sulfonamides is 1. The largest absolute Gasteiger partial charge is 0.493 e. The lowest BCUT2D eigenvalue weighted by Crippen LogP contribution is -2.16. The van der Waals surface area contributed by atoms with Crippen LogP contribution < -0.4 is 19.3 Å². The maximum atomic E-state index is 12.4. The molecular formula is C14H14F2N2O6S2. The van der Waals surface area contributed by atoms with Crippen LogP contribution in [0.5, 0.6) is 11.5 Å². The zero-order valence-corrected chi connectivity index (χ0v) is 14.9. The van der Waals surface area contributed by atoms with Gasteiger partial charge in [0.25, 0.3) is 10.0 Å². The van der Waals surface area contributed by atoms with Gasteiger partial charge in [0.1, 0.15) is 0 Å². The topological polar surface area (TPSA) is 125 Å². The van der Waals surface area contributed by atoms with Crippen LogP contribution in [0.3, 0.4) is 0 Å². The van der Waals surface area contributed by atoms with Crippen molar-refractivity contribution in [2.24, 2.45) is 5.14 Å². The summed E-state index contributed by atoms with van der Waals surface area (Å²) in [7, 11) is -7.08. The molecule has 8 nitrogen and oxygen atoms in total. The molecule has 0 bridgehead atoms. The molecule has 0 aliphatic heterocycles. The monoisotopic (exact) mass is 408 g/mol. The van der Waals surface area contributed by atoms with Crippen molar-refractivity contribution in [1.82, 2.24) is 0 Å². The van der Waals surface area contributed by atoms with E-state index in [1.54, 1.807) is 0 Å². The predicted molar refractivity (Wildman–Crippen MR) is 88.2 cm³/mol. The van der Waals surface area contributed by atoms with E-state index < -0.39 is 31.6 Å². The summed E-state index contributed by atoms with van der Waals surface area (Å²) in [4.78, 5) is -0.770. The highest BCUT2D eigenvalue weighted by Crippen LogP contribution is 2.32. The Balaban J connectivity index is 2.38. The fourth-order valence-corrected chi connectivity index (χ4v) is 3.69. The predicted octanol–water partition coefficient (Wildman–Crippen LogP) is 1.74. The Bertz CT molecular complexity index is 1010. The minimum absolute atomic E-state index is 0.0236. The summed E-state index contributed by atoms with van der Waals surface area (Å²) in [6.07, 6.45) is 0. The van der Waals surface area contributed by atoms with Gasteiger partial charge in [0.15, 0.2) is 11.5 Å². The number of halogens is 2. The molecule has 0 aromatic heterocycles. The van der Waals surface area contributed by atoms with Crippen LogP contribution in [-0.4, -0.2) is 30.6 Å². The van der Waals surface area contributed by atoms with Gasteiger partial charge in [-0.2, -0.15) is 8.78 Å². The first-order valence-corrected chi connectivity index (χ1v) is 9.84. The lowest BCUT2D eigenvalue weighted by molar-refractivity contribution is -0.0511. The van der Waals surface area contributed by atoms with Crippen molar-refractivity contribution in [3.05, 3.63) is 42.5 Å². The number of ether oxygens (including phenoxy) is 2. The Morgan fingerprint density at radius 2 is 1.65 bits per heavy atom. The molecule has 0 radical (unpaired) electrons. The van der Waals surface area contributed by atoms with Gasteiger partial charge in [0.05, 0.1) is 22.6 Å². The Morgan fingerprint density at radius 1 is 1.00 bits per heavy atom. The Morgan fingerprint density at radius 3 is 2.23 bits per heavy atom. The molecule has 0 aliphatic carbocycles. The van der Waals surface area contributed by atoms with Crippen LogP contribution in [0.15, 0.2) is 52.3 Å². The number of rotatable bonds is 7. The van der Waals surface area contributed by atoms with E-state index in [-0.39, 0.29) is 22.1 Å². The summed E-state index contributed by atoms with van der Waals surface area (Å²) in [6, 6.07) is 7.86. The van der Waals surface area contributed by atoms with Crippen molar-refractivity contribution >= 4 is 25.7 Å². The lowest BCUT2D eigenvalue weighted by atomic mass is 10.3. The highest BCUT2D eigenvalue weighted by Gasteiger charge is 2.19. The maximum absolute atomic E-state index is 12.4. The minimum Gasteiger partial charge on any atom is -0.493 e. The van der Waals surface area contributed by atoms with Crippen LogP contribution in [-0.2, 0) is 20.0 Å². The molecule has 142 valence electrons. The number of nitrogens with two attached hydrogens (primary N) is 1. The quantitative estimate of drug-likeness (QED) is 0.719. The van der Waals surface area contributed by atoms with E-state index in [1.807, 2.05) is 0 Å². The van der Waals surface area contributed by atoms with Gasteiger partial charge >= 0.3 is 6.61 Å². The smallest absolute Gasteiger partial charge is 0.387 e. The van der Waals surface area contributed by atoms with Crippen LogP contribution in [0.1, 0.15) is 0 Å². The summed E-state index contributed by atoms with van der Waals surface area (Å²) in [5, 5.41) is 4.98. The zero-order valence-electron chi connectivity index (χ0n) is 13.2. The SMILES string of the molecule is COc1ccc(NS(=O)(=O)c2cccc(S(N)(=O)=O)c2)cc1OC(F)F. The van der Waals surface area contributed by atoms with Crippen LogP contribution in [0.25, 0.3) is 0 Å². The molecule has 0 fully saturated rings. The van der Waals surface area contributed by atoms with Gasteiger partial charge in [-0.1, -0.05) is 6.07 Å². The van der Waals surface area contributed by atoms with Crippen molar-refractivity contribution in [2.45, 2.75) is 16.4 Å². The van der Waals surface area contributed by atoms with Crippen molar-refractivity contribution < 1.29 is 35.1 Å². The van der Waals surface area contributed by atoms with Crippen molar-refractivity contribution in [3.63, 3.8) is 0 Å². The first-order chi connectivity index (χ1) is 12.0. The summed E-state index contributed by atoms with van der Waals surface area (Å²) in [5.74, 6) is -0.398. The van der Waals surface area contributed by atoms with Gasteiger partial charge in [-0.3, -0.25) is 4.72 Å². The van der Waals surface area contributed by atoms with E-state index in [4.69, 9.17) is 9.88 Å². The molecule has 2 aromatic rings. The second-order valence-electron chi connectivity index (χ2n) is 4.87. The molecule has 0 unspecified atom stereocenters. The fourth-order valence-electron chi connectivity index (χ4n) is 1.96. The van der Waals surface area contributed by atoms with Crippen molar-refractivity contribution in [3.8, 4) is 11.5 Å². The molecular weight excluding hydrogens is 394 g/mol. The second-order valence-corrected chi connectivity index (χ2v) is 8.11. The molecule has 0 aliphatic rings. The Labute approximate surface area is 148 Å². The van der Waals surface area contributed by atoms with Crippen LogP contribution >= 0.6 is 0 Å². The van der Waals surface area contributed by atoms with E-state index in [9.17, 15) is 25.6 Å². The lowest BCUT2D eigenvalue weighted by Gasteiger charge is -2.13. The molecule has 0 saturated heterocycles. The summed E-state index contributed by atoms with van der Waals surface area (Å²) in [6.45, 7) is -3.14. The number of nitrogens with one attached hydrogen (secondary N) is 1. The average molecular weight is 408 g/mol. The third-order valence-corrected chi connectivity index (χ3v) is 5.37. The number of benzene rings is 2. The summed E-state index contributed by atoms with van der Waals surface area (Å²) < 4.78 is 83.6. The van der Waals surface area contributed by atoms with E-state index in [1.165, 1.54) is 25.3 Å². The molecule has 3 N–H and O–H groups in total. The molecule has 0 heterocycles. The molecule has 12 heteroatoms. The van der Waals surface area contributed by atoms with E-state index in [0.717, 1.165) is 24.3 Å². The number of sulfonamides is 2. The first-order valence-electron chi connectivity index (χ1n) is 6.81. The first kappa shape index (κ1) is 19.9. The van der Waals surface area contributed by atoms with Gasteiger partial charge in [-0.25, -0.2) is 22.0 Å². The average Bonchev–Trinajstić information content (AvgIpc) is 2.53. The van der Waals surface area contributed by atoms with Gasteiger partial charge in [-0.15, -0.1) is 0 Å².